The summed E-state index contributed by atoms with van der Waals surface area (Å²) in [5.74, 6) is -1.57. The molecule has 0 aromatic heterocycles. The Morgan fingerprint density at radius 2 is 1.95 bits per heavy atom. The zero-order valence-corrected chi connectivity index (χ0v) is 11.8. The third-order valence-electron chi connectivity index (χ3n) is 3.91. The Bertz CT molecular complexity index is 597. The average molecular weight is 292 g/mol. The van der Waals surface area contributed by atoms with E-state index in [0.29, 0.717) is 17.6 Å². The summed E-state index contributed by atoms with van der Waals surface area (Å²) in [4.78, 5) is 23.5. The number of methoxy groups -OCH3 is 1. The quantitative estimate of drug-likeness (QED) is 0.580. The summed E-state index contributed by atoms with van der Waals surface area (Å²) in [5.41, 5.74) is 1.77. The van der Waals surface area contributed by atoms with Gasteiger partial charge in [0.05, 0.1) is 11.7 Å². The standard InChI is InChI=1S/C15H16O6/c1-7-3-9-5-8(14(17)20-9)6-10(19-2)12-11(4-7)21-15(18)13(12)16/h4-5,9-11,16H,3,6H2,1-2H3/b7-4+. The Kier molecular flexibility index (Phi) is 3.33. The normalized spacial score (nSPS) is 34.7. The van der Waals surface area contributed by atoms with E-state index in [1.165, 1.54) is 7.11 Å². The molecule has 0 saturated carbocycles. The van der Waals surface area contributed by atoms with Crippen molar-refractivity contribution in [3.05, 3.63) is 34.6 Å². The van der Waals surface area contributed by atoms with E-state index in [1.807, 2.05) is 6.92 Å². The smallest absolute Gasteiger partial charge is 0.374 e. The topological polar surface area (TPSA) is 82.1 Å². The minimum absolute atomic E-state index is 0.241. The lowest BCUT2D eigenvalue weighted by molar-refractivity contribution is -0.141. The fourth-order valence-corrected chi connectivity index (χ4v) is 2.90. The van der Waals surface area contributed by atoms with Gasteiger partial charge in [0, 0.05) is 25.5 Å². The number of ether oxygens (including phenoxy) is 3. The van der Waals surface area contributed by atoms with Crippen LogP contribution in [0.1, 0.15) is 19.8 Å². The van der Waals surface area contributed by atoms with Crippen LogP contribution in [-0.2, 0) is 23.8 Å². The van der Waals surface area contributed by atoms with Crippen molar-refractivity contribution in [2.75, 3.05) is 7.11 Å². The zero-order chi connectivity index (χ0) is 15.1. The highest BCUT2D eigenvalue weighted by atomic mass is 16.6. The van der Waals surface area contributed by atoms with Gasteiger partial charge in [0.1, 0.15) is 12.2 Å². The average Bonchev–Trinajstić information content (AvgIpc) is 2.88. The Morgan fingerprint density at radius 3 is 2.67 bits per heavy atom. The van der Waals surface area contributed by atoms with Crippen molar-refractivity contribution < 1.29 is 28.9 Å². The van der Waals surface area contributed by atoms with E-state index in [4.69, 9.17) is 14.2 Å². The van der Waals surface area contributed by atoms with E-state index in [0.717, 1.165) is 5.57 Å². The molecule has 0 aromatic rings. The lowest BCUT2D eigenvalue weighted by atomic mass is 9.93. The molecule has 1 N–H and O–H groups in total. The molecule has 112 valence electrons. The molecule has 3 unspecified atom stereocenters. The van der Waals surface area contributed by atoms with Gasteiger partial charge in [0.25, 0.3) is 0 Å². The fraction of sp³-hybridized carbons (Fsp3) is 0.467. The summed E-state index contributed by atoms with van der Waals surface area (Å²) in [6.45, 7) is 1.86. The first kappa shape index (κ1) is 13.9. The lowest BCUT2D eigenvalue weighted by Crippen LogP contribution is -2.24. The van der Waals surface area contributed by atoms with Crippen LogP contribution >= 0.6 is 0 Å². The summed E-state index contributed by atoms with van der Waals surface area (Å²) in [7, 11) is 1.46. The molecule has 3 rings (SSSR count). The highest BCUT2D eigenvalue weighted by molar-refractivity contribution is 5.92. The minimum Gasteiger partial charge on any atom is -0.502 e. The molecule has 2 aliphatic heterocycles. The molecule has 0 aromatic carbocycles. The maximum absolute atomic E-state index is 11.8. The van der Waals surface area contributed by atoms with Crippen molar-refractivity contribution in [1.82, 2.24) is 0 Å². The molecular weight excluding hydrogens is 276 g/mol. The molecular formula is C15H16O6. The number of hydrogen-bond donors (Lipinski definition) is 1. The van der Waals surface area contributed by atoms with Crippen molar-refractivity contribution in [3.8, 4) is 0 Å². The molecule has 0 saturated heterocycles. The third kappa shape index (κ3) is 2.35. The SMILES string of the molecule is COC1CC2=CC(C/C(C)=C/C3OC(=O)C(O)=C31)OC2=O. The Morgan fingerprint density at radius 1 is 1.19 bits per heavy atom. The molecule has 6 nitrogen and oxygen atoms in total. The molecule has 2 heterocycles. The maximum atomic E-state index is 11.8. The summed E-state index contributed by atoms with van der Waals surface area (Å²) >= 11 is 0. The highest BCUT2D eigenvalue weighted by Gasteiger charge is 2.40. The first-order valence-electron chi connectivity index (χ1n) is 6.75. The second-order valence-electron chi connectivity index (χ2n) is 5.41. The monoisotopic (exact) mass is 292 g/mol. The molecule has 21 heavy (non-hydrogen) atoms. The van der Waals surface area contributed by atoms with Gasteiger partial charge in [-0.15, -0.1) is 0 Å². The van der Waals surface area contributed by atoms with Gasteiger partial charge >= 0.3 is 11.9 Å². The summed E-state index contributed by atoms with van der Waals surface area (Å²) < 4.78 is 15.8. The van der Waals surface area contributed by atoms with Crippen LogP contribution in [0.4, 0.5) is 0 Å². The van der Waals surface area contributed by atoms with Crippen LogP contribution < -0.4 is 0 Å². The number of fused-ring (bicyclic) bond motifs is 2. The molecule has 0 amide bonds. The van der Waals surface area contributed by atoms with E-state index in [1.54, 1.807) is 12.2 Å². The number of hydrogen-bond acceptors (Lipinski definition) is 6. The third-order valence-corrected chi connectivity index (χ3v) is 3.91. The lowest BCUT2D eigenvalue weighted by Gasteiger charge is -2.20. The van der Waals surface area contributed by atoms with Gasteiger partial charge in [-0.2, -0.15) is 0 Å². The molecule has 3 atom stereocenters. The predicted molar refractivity (Wildman–Crippen MR) is 71.3 cm³/mol. The van der Waals surface area contributed by atoms with Crippen LogP contribution in [0.15, 0.2) is 34.6 Å². The number of carbonyl (C=O) groups is 2. The second-order valence-corrected chi connectivity index (χ2v) is 5.41. The van der Waals surface area contributed by atoms with Crippen LogP contribution in [0.25, 0.3) is 0 Å². The Labute approximate surface area is 121 Å². The van der Waals surface area contributed by atoms with Crippen molar-refractivity contribution in [2.45, 2.75) is 38.1 Å². The van der Waals surface area contributed by atoms with Crippen molar-refractivity contribution >= 4 is 11.9 Å². The fourth-order valence-electron chi connectivity index (χ4n) is 2.90. The second kappa shape index (κ2) is 5.04. The molecule has 0 fully saturated rings. The van der Waals surface area contributed by atoms with Crippen molar-refractivity contribution in [1.29, 1.82) is 0 Å². The molecule has 0 radical (unpaired) electrons. The number of aliphatic hydroxyl groups excluding tert-OH is 1. The van der Waals surface area contributed by atoms with Gasteiger partial charge in [-0.3, -0.25) is 0 Å². The molecule has 6 heteroatoms. The van der Waals surface area contributed by atoms with E-state index < -0.39 is 23.9 Å². The van der Waals surface area contributed by atoms with Crippen LogP contribution in [0.3, 0.4) is 0 Å². The maximum Gasteiger partial charge on any atom is 0.374 e. The minimum atomic E-state index is -0.762. The van der Waals surface area contributed by atoms with Crippen LogP contribution in [0, 0.1) is 0 Å². The Balaban J connectivity index is 2.05. The van der Waals surface area contributed by atoms with Crippen LogP contribution in [0.2, 0.25) is 0 Å². The van der Waals surface area contributed by atoms with E-state index in [-0.39, 0.29) is 18.5 Å². The molecule has 2 bridgehead atoms. The first-order valence-corrected chi connectivity index (χ1v) is 6.75. The van der Waals surface area contributed by atoms with Gasteiger partial charge in [-0.25, -0.2) is 9.59 Å². The van der Waals surface area contributed by atoms with E-state index >= 15 is 0 Å². The summed E-state index contributed by atoms with van der Waals surface area (Å²) in [5, 5.41) is 9.96. The molecule has 1 aliphatic carbocycles. The summed E-state index contributed by atoms with van der Waals surface area (Å²) in [6.07, 6.45) is 2.75. The largest absolute Gasteiger partial charge is 0.502 e. The predicted octanol–water partition coefficient (Wildman–Crippen LogP) is 1.33. The van der Waals surface area contributed by atoms with Crippen LogP contribution in [-0.4, -0.2) is 42.5 Å². The zero-order valence-electron chi connectivity index (χ0n) is 11.8. The first-order chi connectivity index (χ1) is 9.99. The van der Waals surface area contributed by atoms with E-state index in [2.05, 4.69) is 0 Å². The molecule has 3 aliphatic rings. The Hall–Kier alpha value is -2.08. The number of esters is 2. The van der Waals surface area contributed by atoms with Gasteiger partial charge in [-0.05, 0) is 19.1 Å². The summed E-state index contributed by atoms with van der Waals surface area (Å²) in [6, 6.07) is 0. The van der Waals surface area contributed by atoms with Crippen molar-refractivity contribution in [3.63, 3.8) is 0 Å². The van der Waals surface area contributed by atoms with Crippen LogP contribution in [0.5, 0.6) is 0 Å². The van der Waals surface area contributed by atoms with Gasteiger partial charge in [0.15, 0.2) is 0 Å². The van der Waals surface area contributed by atoms with Gasteiger partial charge in [0.2, 0.25) is 5.76 Å². The highest BCUT2D eigenvalue weighted by Crippen LogP contribution is 2.34. The number of aliphatic hydroxyl groups is 1. The molecule has 0 spiro atoms. The van der Waals surface area contributed by atoms with Gasteiger partial charge in [-0.1, -0.05) is 5.57 Å². The van der Waals surface area contributed by atoms with Crippen molar-refractivity contribution in [2.24, 2.45) is 0 Å². The van der Waals surface area contributed by atoms with Gasteiger partial charge < -0.3 is 19.3 Å². The number of rotatable bonds is 1. The number of carbonyl (C=O) groups excluding carboxylic acids is 2. The van der Waals surface area contributed by atoms with E-state index in [9.17, 15) is 14.7 Å².